The maximum atomic E-state index is 14.5. The normalized spacial score (nSPS) is 21.6. The summed E-state index contributed by atoms with van der Waals surface area (Å²) in [5.41, 5.74) is 0.959. The molecule has 1 saturated heterocycles. The quantitative estimate of drug-likeness (QED) is 0.454. The molecule has 158 valence electrons. The molecule has 2 aromatic carbocycles. The zero-order valence-corrected chi connectivity index (χ0v) is 17.2. The predicted molar refractivity (Wildman–Crippen MR) is 111 cm³/mol. The molecule has 2 aliphatic heterocycles. The van der Waals surface area contributed by atoms with Crippen LogP contribution in [0.3, 0.4) is 0 Å². The molecule has 2 unspecified atom stereocenters. The van der Waals surface area contributed by atoms with Gasteiger partial charge in [-0.1, -0.05) is 35.0 Å². The predicted octanol–water partition coefficient (Wildman–Crippen LogP) is 1.87. The fourth-order valence-electron chi connectivity index (χ4n) is 3.79. The standard InChI is InChI=1S/C21H22ClFN4O3/c1-29-24-13-26-6-7-30-12-21(26)20-11-27(28)10-17-16(8-14(22)9-19(17)25-20)15-4-2-3-5-18(15)23/h2-5,8-10,13,20-21,28H,6-7,11-12H2,1H3. The van der Waals surface area contributed by atoms with Crippen molar-refractivity contribution in [2.45, 2.75) is 12.1 Å². The van der Waals surface area contributed by atoms with E-state index in [4.69, 9.17) is 26.2 Å². The summed E-state index contributed by atoms with van der Waals surface area (Å²) in [5, 5.41) is 17.1. The Labute approximate surface area is 178 Å². The van der Waals surface area contributed by atoms with E-state index in [1.54, 1.807) is 42.9 Å². The van der Waals surface area contributed by atoms with Gasteiger partial charge in [-0.2, -0.15) is 0 Å². The lowest BCUT2D eigenvalue weighted by atomic mass is 10.0. The Kier molecular flexibility index (Phi) is 6.17. The van der Waals surface area contributed by atoms with Crippen LogP contribution in [0.25, 0.3) is 17.3 Å². The molecule has 9 heteroatoms. The fourth-order valence-corrected chi connectivity index (χ4v) is 4.00. The SMILES string of the molecule is CON=CN1CCOCC1C1CN(O)C=c2c(-c3ccccc3F)cc(Cl)cc2=N1. The summed E-state index contributed by atoms with van der Waals surface area (Å²) < 4.78 is 20.2. The Morgan fingerprint density at radius 3 is 2.97 bits per heavy atom. The van der Waals surface area contributed by atoms with Gasteiger partial charge in [0, 0.05) is 28.5 Å². The van der Waals surface area contributed by atoms with Crippen LogP contribution >= 0.6 is 11.6 Å². The first-order chi connectivity index (χ1) is 14.6. The van der Waals surface area contributed by atoms with Gasteiger partial charge >= 0.3 is 0 Å². The van der Waals surface area contributed by atoms with Crippen molar-refractivity contribution >= 4 is 24.1 Å². The number of hydrogen-bond acceptors (Lipinski definition) is 6. The molecule has 2 atom stereocenters. The van der Waals surface area contributed by atoms with Gasteiger partial charge in [-0.05, 0) is 23.8 Å². The van der Waals surface area contributed by atoms with Crippen molar-refractivity contribution in [2.75, 3.05) is 33.4 Å². The van der Waals surface area contributed by atoms with E-state index in [1.165, 1.54) is 13.2 Å². The third kappa shape index (κ3) is 4.26. The summed E-state index contributed by atoms with van der Waals surface area (Å²) in [6.45, 7) is 1.84. The van der Waals surface area contributed by atoms with Crippen molar-refractivity contribution < 1.29 is 19.2 Å². The molecule has 0 bridgehead atoms. The summed E-state index contributed by atoms with van der Waals surface area (Å²) in [6, 6.07) is 9.35. The van der Waals surface area contributed by atoms with Gasteiger partial charge in [-0.25, -0.2) is 4.39 Å². The Morgan fingerprint density at radius 2 is 2.17 bits per heavy atom. The molecule has 0 radical (unpaired) electrons. The van der Waals surface area contributed by atoms with E-state index in [-0.39, 0.29) is 24.4 Å². The number of hydroxylamine groups is 2. The molecule has 2 aliphatic rings. The van der Waals surface area contributed by atoms with E-state index in [9.17, 15) is 9.60 Å². The smallest absolute Gasteiger partial charge is 0.131 e. The van der Waals surface area contributed by atoms with Crippen molar-refractivity contribution in [3.05, 3.63) is 57.8 Å². The van der Waals surface area contributed by atoms with Crippen LogP contribution in [-0.2, 0) is 9.57 Å². The van der Waals surface area contributed by atoms with E-state index in [0.717, 1.165) is 5.06 Å². The van der Waals surface area contributed by atoms with Gasteiger partial charge in [0.05, 0.1) is 37.2 Å². The lowest BCUT2D eigenvalue weighted by Crippen LogP contribution is -2.53. The van der Waals surface area contributed by atoms with Crippen LogP contribution in [0.4, 0.5) is 4.39 Å². The minimum absolute atomic E-state index is 0.164. The van der Waals surface area contributed by atoms with Crippen LogP contribution in [0.5, 0.6) is 0 Å². The molecule has 2 aromatic rings. The van der Waals surface area contributed by atoms with Crippen LogP contribution in [0.2, 0.25) is 5.02 Å². The molecule has 2 heterocycles. The highest BCUT2D eigenvalue weighted by atomic mass is 35.5. The van der Waals surface area contributed by atoms with Crippen molar-refractivity contribution in [1.29, 1.82) is 0 Å². The summed E-state index contributed by atoms with van der Waals surface area (Å²) in [7, 11) is 1.48. The van der Waals surface area contributed by atoms with Gasteiger partial charge in [0.25, 0.3) is 0 Å². The number of nitrogens with zero attached hydrogens (tertiary/aromatic N) is 4. The molecule has 0 spiro atoms. The van der Waals surface area contributed by atoms with E-state index in [0.29, 0.717) is 46.5 Å². The number of rotatable bonds is 4. The van der Waals surface area contributed by atoms with Gasteiger partial charge < -0.3 is 14.5 Å². The lowest BCUT2D eigenvalue weighted by molar-refractivity contribution is -0.0425. The molecule has 0 saturated carbocycles. The first-order valence-corrected chi connectivity index (χ1v) is 9.94. The monoisotopic (exact) mass is 432 g/mol. The summed E-state index contributed by atoms with van der Waals surface area (Å²) in [5.74, 6) is -0.372. The maximum absolute atomic E-state index is 14.5. The molecule has 7 nitrogen and oxygen atoms in total. The van der Waals surface area contributed by atoms with Gasteiger partial charge in [0.2, 0.25) is 0 Å². The highest BCUT2D eigenvalue weighted by Crippen LogP contribution is 2.22. The summed E-state index contributed by atoms with van der Waals surface area (Å²) in [6.07, 6.45) is 3.18. The first-order valence-electron chi connectivity index (χ1n) is 9.56. The highest BCUT2D eigenvalue weighted by molar-refractivity contribution is 6.30. The molecule has 1 fully saturated rings. The van der Waals surface area contributed by atoms with Crippen LogP contribution in [0.1, 0.15) is 0 Å². The van der Waals surface area contributed by atoms with Gasteiger partial charge in [0.1, 0.15) is 19.3 Å². The number of ether oxygens (including phenoxy) is 1. The Hall–Kier alpha value is -2.68. The van der Waals surface area contributed by atoms with Crippen molar-refractivity contribution in [3.8, 4) is 11.1 Å². The molecule has 0 amide bonds. The van der Waals surface area contributed by atoms with Gasteiger partial charge in [-0.15, -0.1) is 0 Å². The molecular weight excluding hydrogens is 411 g/mol. The van der Waals surface area contributed by atoms with Crippen molar-refractivity contribution in [1.82, 2.24) is 9.96 Å². The number of morpholine rings is 1. The second-order valence-electron chi connectivity index (χ2n) is 7.10. The molecular formula is C21H22ClFN4O3. The Bertz CT molecular complexity index is 1060. The zero-order valence-electron chi connectivity index (χ0n) is 16.4. The summed E-state index contributed by atoms with van der Waals surface area (Å²) >= 11 is 6.36. The highest BCUT2D eigenvalue weighted by Gasteiger charge is 2.31. The number of oxime groups is 1. The third-order valence-electron chi connectivity index (χ3n) is 5.20. The summed E-state index contributed by atoms with van der Waals surface area (Å²) in [4.78, 5) is 11.7. The topological polar surface area (TPSA) is 69.9 Å². The number of halogens is 2. The minimum atomic E-state index is -0.372. The lowest BCUT2D eigenvalue weighted by Gasteiger charge is -2.37. The average Bonchev–Trinajstić information content (AvgIpc) is 2.90. The van der Waals surface area contributed by atoms with Crippen LogP contribution in [0, 0.1) is 5.82 Å². The van der Waals surface area contributed by atoms with Crippen molar-refractivity contribution in [3.63, 3.8) is 0 Å². The zero-order chi connectivity index (χ0) is 21.1. The fraction of sp³-hybridized carbons (Fsp3) is 0.333. The third-order valence-corrected chi connectivity index (χ3v) is 5.42. The molecule has 4 rings (SSSR count). The van der Waals surface area contributed by atoms with Gasteiger partial charge in [-0.3, -0.25) is 15.3 Å². The minimum Gasteiger partial charge on any atom is -0.398 e. The number of hydrogen-bond donors (Lipinski definition) is 1. The Morgan fingerprint density at radius 1 is 1.33 bits per heavy atom. The van der Waals surface area contributed by atoms with E-state index in [2.05, 4.69) is 5.16 Å². The van der Waals surface area contributed by atoms with E-state index >= 15 is 0 Å². The second kappa shape index (κ2) is 8.99. The molecule has 0 aromatic heterocycles. The van der Waals surface area contributed by atoms with Gasteiger partial charge in [0.15, 0.2) is 0 Å². The van der Waals surface area contributed by atoms with Crippen LogP contribution in [0.15, 0.2) is 46.5 Å². The van der Waals surface area contributed by atoms with Crippen LogP contribution in [-0.4, -0.2) is 67.0 Å². The Balaban J connectivity index is 1.84. The molecule has 0 aliphatic carbocycles. The second-order valence-corrected chi connectivity index (χ2v) is 7.53. The van der Waals surface area contributed by atoms with Crippen LogP contribution < -0.4 is 10.6 Å². The van der Waals surface area contributed by atoms with E-state index in [1.807, 2.05) is 4.90 Å². The largest absolute Gasteiger partial charge is 0.398 e. The van der Waals surface area contributed by atoms with E-state index < -0.39 is 0 Å². The first kappa shape index (κ1) is 20.6. The number of benzene rings is 2. The molecule has 30 heavy (non-hydrogen) atoms. The number of fused-ring (bicyclic) bond motifs is 1. The maximum Gasteiger partial charge on any atom is 0.131 e. The molecule has 1 N–H and O–H groups in total. The average molecular weight is 433 g/mol. The van der Waals surface area contributed by atoms with Crippen molar-refractivity contribution in [2.24, 2.45) is 10.1 Å².